The van der Waals surface area contributed by atoms with Crippen molar-refractivity contribution in [3.8, 4) is 0 Å². The molecular formula is C16H17N3O3S. The minimum absolute atomic E-state index is 0.0665. The number of nitrogens with zero attached hydrogens (tertiary/aromatic N) is 3. The van der Waals surface area contributed by atoms with Gasteiger partial charge in [0, 0.05) is 25.0 Å². The number of rotatable bonds is 4. The number of sulfone groups is 1. The predicted molar refractivity (Wildman–Crippen MR) is 84.6 cm³/mol. The highest BCUT2D eigenvalue weighted by molar-refractivity contribution is 7.91. The van der Waals surface area contributed by atoms with Gasteiger partial charge in [-0.25, -0.2) is 13.4 Å². The van der Waals surface area contributed by atoms with E-state index in [1.54, 1.807) is 35.2 Å². The van der Waals surface area contributed by atoms with Crippen LogP contribution in [0.4, 0.5) is 0 Å². The summed E-state index contributed by atoms with van der Waals surface area (Å²) in [4.78, 5) is 22.3. The van der Waals surface area contributed by atoms with Crippen molar-refractivity contribution >= 4 is 15.7 Å². The second kappa shape index (κ2) is 6.45. The number of aromatic nitrogens is 2. The molecular weight excluding hydrogens is 314 g/mol. The number of carbonyl (C=O) groups is 1. The molecule has 2 heterocycles. The molecule has 0 N–H and O–H groups in total. The van der Waals surface area contributed by atoms with Crippen LogP contribution in [0, 0.1) is 0 Å². The standard InChI is InChI=1S/C16H17N3O3S/c20-16(15-11-17-8-9-18-15)19-10-4-5-13(19)12-23(21,22)14-6-2-1-3-7-14/h1-3,6-9,11,13H,4-5,10,12H2/t13-/m1/s1. The van der Waals surface area contributed by atoms with Crippen LogP contribution in [0.15, 0.2) is 53.8 Å². The van der Waals surface area contributed by atoms with Crippen molar-refractivity contribution < 1.29 is 13.2 Å². The first-order valence-corrected chi connectivity index (χ1v) is 9.08. The summed E-state index contributed by atoms with van der Waals surface area (Å²) in [5, 5.41) is 0. The predicted octanol–water partition coefficient (Wildman–Crippen LogP) is 1.56. The molecule has 0 saturated carbocycles. The zero-order chi connectivity index (χ0) is 16.3. The molecule has 23 heavy (non-hydrogen) atoms. The van der Waals surface area contributed by atoms with Gasteiger partial charge < -0.3 is 4.90 Å². The topological polar surface area (TPSA) is 80.2 Å². The molecule has 2 aromatic rings. The highest BCUT2D eigenvalue weighted by Crippen LogP contribution is 2.23. The quantitative estimate of drug-likeness (QED) is 0.849. The maximum atomic E-state index is 12.5. The lowest BCUT2D eigenvalue weighted by Crippen LogP contribution is -2.40. The summed E-state index contributed by atoms with van der Waals surface area (Å²) in [7, 11) is -3.42. The van der Waals surface area contributed by atoms with Gasteiger partial charge in [0.2, 0.25) is 0 Å². The Kier molecular flexibility index (Phi) is 4.38. The van der Waals surface area contributed by atoms with Gasteiger partial charge in [-0.3, -0.25) is 9.78 Å². The third kappa shape index (κ3) is 3.39. The molecule has 0 aliphatic carbocycles. The minimum Gasteiger partial charge on any atom is -0.333 e. The largest absolute Gasteiger partial charge is 0.333 e. The molecule has 0 radical (unpaired) electrons. The second-order valence-electron chi connectivity index (χ2n) is 5.48. The van der Waals surface area contributed by atoms with Crippen molar-refractivity contribution in [1.29, 1.82) is 0 Å². The molecule has 0 unspecified atom stereocenters. The fourth-order valence-electron chi connectivity index (χ4n) is 2.81. The van der Waals surface area contributed by atoms with Crippen LogP contribution >= 0.6 is 0 Å². The summed E-state index contributed by atoms with van der Waals surface area (Å²) >= 11 is 0. The van der Waals surface area contributed by atoms with E-state index in [1.165, 1.54) is 18.6 Å². The summed E-state index contributed by atoms with van der Waals surface area (Å²) in [6.07, 6.45) is 5.83. The van der Waals surface area contributed by atoms with E-state index in [0.717, 1.165) is 6.42 Å². The lowest BCUT2D eigenvalue weighted by atomic mass is 10.2. The summed E-state index contributed by atoms with van der Waals surface area (Å²) in [5.74, 6) is -0.327. The molecule has 0 bridgehead atoms. The Labute approximate surface area is 135 Å². The molecule has 0 spiro atoms. The molecule has 120 valence electrons. The van der Waals surface area contributed by atoms with Gasteiger partial charge >= 0.3 is 0 Å². The van der Waals surface area contributed by atoms with E-state index < -0.39 is 9.84 Å². The van der Waals surface area contributed by atoms with Gasteiger partial charge in [-0.05, 0) is 25.0 Å². The van der Waals surface area contributed by atoms with Gasteiger partial charge in [0.15, 0.2) is 9.84 Å². The van der Waals surface area contributed by atoms with Crippen LogP contribution in [0.1, 0.15) is 23.3 Å². The van der Waals surface area contributed by atoms with Crippen LogP contribution in [0.3, 0.4) is 0 Å². The van der Waals surface area contributed by atoms with Crippen LogP contribution in [0.2, 0.25) is 0 Å². The molecule has 1 aliphatic heterocycles. The Morgan fingerprint density at radius 3 is 2.70 bits per heavy atom. The van der Waals surface area contributed by atoms with Crippen molar-refractivity contribution in [2.24, 2.45) is 0 Å². The molecule has 1 aliphatic rings. The van der Waals surface area contributed by atoms with Gasteiger partial charge in [-0.1, -0.05) is 18.2 Å². The summed E-state index contributed by atoms with van der Waals surface area (Å²) < 4.78 is 25.1. The average molecular weight is 331 g/mol. The number of carbonyl (C=O) groups excluding carboxylic acids is 1. The first-order chi connectivity index (χ1) is 11.1. The number of hydrogen-bond donors (Lipinski definition) is 0. The van der Waals surface area contributed by atoms with Crippen molar-refractivity contribution in [3.63, 3.8) is 0 Å². The molecule has 6 nitrogen and oxygen atoms in total. The Bertz CT molecular complexity index is 779. The Morgan fingerprint density at radius 1 is 1.22 bits per heavy atom. The van der Waals surface area contributed by atoms with E-state index in [4.69, 9.17) is 0 Å². The first kappa shape index (κ1) is 15.6. The van der Waals surface area contributed by atoms with Gasteiger partial charge in [0.05, 0.1) is 16.8 Å². The van der Waals surface area contributed by atoms with Crippen LogP contribution in [0.25, 0.3) is 0 Å². The third-order valence-electron chi connectivity index (χ3n) is 3.93. The van der Waals surface area contributed by atoms with E-state index >= 15 is 0 Å². The van der Waals surface area contributed by atoms with Crippen LogP contribution < -0.4 is 0 Å². The Hall–Kier alpha value is -2.28. The fraction of sp³-hybridized carbons (Fsp3) is 0.312. The number of amides is 1. The minimum atomic E-state index is -3.42. The second-order valence-corrected chi connectivity index (χ2v) is 7.51. The molecule has 1 atom stereocenters. The molecule has 3 rings (SSSR count). The smallest absolute Gasteiger partial charge is 0.274 e. The number of benzene rings is 1. The molecule has 1 saturated heterocycles. The van der Waals surface area contributed by atoms with Crippen molar-refractivity contribution in [1.82, 2.24) is 14.9 Å². The third-order valence-corrected chi connectivity index (χ3v) is 5.75. The highest BCUT2D eigenvalue weighted by Gasteiger charge is 2.33. The SMILES string of the molecule is O=C(c1cnccn1)N1CCC[C@@H]1CS(=O)(=O)c1ccccc1. The van der Waals surface area contributed by atoms with E-state index in [1.807, 2.05) is 0 Å². The van der Waals surface area contributed by atoms with Crippen LogP contribution in [-0.2, 0) is 9.84 Å². The summed E-state index contributed by atoms with van der Waals surface area (Å²) in [6, 6.07) is 8.01. The van der Waals surface area contributed by atoms with Crippen LogP contribution in [0.5, 0.6) is 0 Å². The fourth-order valence-corrected chi connectivity index (χ4v) is 4.43. The van der Waals surface area contributed by atoms with E-state index in [-0.39, 0.29) is 23.4 Å². The van der Waals surface area contributed by atoms with Gasteiger partial charge in [-0.2, -0.15) is 0 Å². The Balaban J connectivity index is 1.79. The van der Waals surface area contributed by atoms with Crippen molar-refractivity contribution in [3.05, 3.63) is 54.6 Å². The Morgan fingerprint density at radius 2 is 2.00 bits per heavy atom. The molecule has 7 heteroatoms. The highest BCUT2D eigenvalue weighted by atomic mass is 32.2. The maximum Gasteiger partial charge on any atom is 0.274 e. The van der Waals surface area contributed by atoms with E-state index in [0.29, 0.717) is 17.9 Å². The van der Waals surface area contributed by atoms with Gasteiger partial charge in [0.1, 0.15) is 5.69 Å². The van der Waals surface area contributed by atoms with Gasteiger partial charge in [-0.15, -0.1) is 0 Å². The monoisotopic (exact) mass is 331 g/mol. The lowest BCUT2D eigenvalue weighted by molar-refractivity contribution is 0.0743. The zero-order valence-corrected chi connectivity index (χ0v) is 13.3. The first-order valence-electron chi connectivity index (χ1n) is 7.43. The normalized spacial score (nSPS) is 18.1. The van der Waals surface area contributed by atoms with Crippen molar-refractivity contribution in [2.75, 3.05) is 12.3 Å². The number of likely N-dealkylation sites (tertiary alicyclic amines) is 1. The molecule has 1 aromatic heterocycles. The molecule has 1 fully saturated rings. The van der Waals surface area contributed by atoms with Crippen molar-refractivity contribution in [2.45, 2.75) is 23.8 Å². The summed E-state index contributed by atoms with van der Waals surface area (Å²) in [5.41, 5.74) is 0.247. The maximum absolute atomic E-state index is 12.5. The summed E-state index contributed by atoms with van der Waals surface area (Å²) in [6.45, 7) is 0.546. The molecule has 1 aromatic carbocycles. The zero-order valence-electron chi connectivity index (χ0n) is 12.5. The lowest BCUT2D eigenvalue weighted by Gasteiger charge is -2.24. The van der Waals surface area contributed by atoms with E-state index in [2.05, 4.69) is 9.97 Å². The van der Waals surface area contributed by atoms with Crippen LogP contribution in [-0.4, -0.2) is 47.5 Å². The average Bonchev–Trinajstić information content (AvgIpc) is 3.03. The van der Waals surface area contributed by atoms with Gasteiger partial charge in [0.25, 0.3) is 5.91 Å². The number of hydrogen-bond acceptors (Lipinski definition) is 5. The molecule has 1 amide bonds. The van der Waals surface area contributed by atoms with E-state index in [9.17, 15) is 13.2 Å².